The van der Waals surface area contributed by atoms with E-state index in [0.29, 0.717) is 52.4 Å². The van der Waals surface area contributed by atoms with Crippen molar-refractivity contribution in [2.75, 3.05) is 19.8 Å². The van der Waals surface area contributed by atoms with E-state index in [-0.39, 0.29) is 24.3 Å². The van der Waals surface area contributed by atoms with Crippen molar-refractivity contribution in [3.05, 3.63) is 76.3 Å². The van der Waals surface area contributed by atoms with E-state index in [9.17, 15) is 4.79 Å². The molecule has 36 heavy (non-hydrogen) atoms. The summed E-state index contributed by atoms with van der Waals surface area (Å²) in [5, 5.41) is 12.9. The van der Waals surface area contributed by atoms with Gasteiger partial charge in [-0.2, -0.15) is 0 Å². The minimum Gasteiger partial charge on any atom is -0.494 e. The van der Waals surface area contributed by atoms with Crippen molar-refractivity contribution in [3.63, 3.8) is 0 Å². The van der Waals surface area contributed by atoms with Crippen molar-refractivity contribution in [1.29, 1.82) is 0 Å². The molecule has 8 heteroatoms. The Morgan fingerprint density at radius 3 is 2.58 bits per heavy atom. The molecule has 0 bridgehead atoms. The number of hydrogen-bond donors (Lipinski definition) is 2. The van der Waals surface area contributed by atoms with Crippen LogP contribution in [0.15, 0.2) is 60.1 Å². The summed E-state index contributed by atoms with van der Waals surface area (Å²) in [4.78, 5) is 18.6. The molecule has 2 aromatic rings. The summed E-state index contributed by atoms with van der Waals surface area (Å²) in [5.41, 5.74) is 0.104. The predicted molar refractivity (Wildman–Crippen MR) is 145 cm³/mol. The molecule has 194 valence electrons. The van der Waals surface area contributed by atoms with Crippen LogP contribution in [-0.4, -0.2) is 42.2 Å². The Balaban J connectivity index is 1.98. The summed E-state index contributed by atoms with van der Waals surface area (Å²) >= 11 is 12.7. The number of halogens is 2. The number of aliphatic hydroxyl groups excluding tert-OH is 1. The molecule has 0 radical (unpaired) electrons. The smallest absolute Gasteiger partial charge is 0.252 e. The Kier molecular flexibility index (Phi) is 9.45. The molecular formula is C28H34Cl2N2O4. The topological polar surface area (TPSA) is 80.2 Å². The van der Waals surface area contributed by atoms with Gasteiger partial charge in [-0.1, -0.05) is 56.1 Å². The van der Waals surface area contributed by atoms with Gasteiger partial charge in [0.15, 0.2) is 11.6 Å². The molecule has 3 rings (SSSR count). The van der Waals surface area contributed by atoms with Gasteiger partial charge >= 0.3 is 0 Å². The van der Waals surface area contributed by atoms with Gasteiger partial charge in [-0.25, -0.2) is 4.99 Å². The van der Waals surface area contributed by atoms with Gasteiger partial charge in [0.1, 0.15) is 5.75 Å². The highest BCUT2D eigenvalue weighted by molar-refractivity contribution is 6.35. The molecule has 0 unspecified atom stereocenters. The zero-order valence-electron chi connectivity index (χ0n) is 21.0. The number of aliphatic hydroxyl groups is 1. The lowest BCUT2D eigenvalue weighted by Gasteiger charge is -2.30. The van der Waals surface area contributed by atoms with Crippen molar-refractivity contribution in [2.45, 2.75) is 51.7 Å². The van der Waals surface area contributed by atoms with Crippen molar-refractivity contribution >= 4 is 35.0 Å². The first kappa shape index (κ1) is 28.0. The van der Waals surface area contributed by atoms with Crippen LogP contribution in [0.3, 0.4) is 0 Å². The summed E-state index contributed by atoms with van der Waals surface area (Å²) in [6, 6.07) is 12.4. The van der Waals surface area contributed by atoms with Crippen LogP contribution < -0.4 is 10.1 Å². The number of rotatable bonds is 11. The number of benzene rings is 2. The van der Waals surface area contributed by atoms with Gasteiger partial charge < -0.3 is 19.9 Å². The lowest BCUT2D eigenvalue weighted by atomic mass is 9.84. The number of nitrogens with one attached hydrogen (secondary N) is 1. The van der Waals surface area contributed by atoms with Crippen molar-refractivity contribution in [1.82, 2.24) is 5.32 Å². The Labute approximate surface area is 223 Å². The standard InChI is InChI=1S/C28H34Cl2N2O4/c1-5-13-28(26(34)31-15-14-27(2,3)4)24(22-12-9-20(29)18-23(22)30)36-25(32-28)19-7-10-21(11-8-19)35-17-6-16-33/h5,7-12,18,24,33H,1,6,13-17H2,2-4H3,(H,31,34)/t24-,28-/m1/s1. The van der Waals surface area contributed by atoms with Gasteiger partial charge in [-0.05, 0) is 48.2 Å². The third kappa shape index (κ3) is 6.81. The summed E-state index contributed by atoms with van der Waals surface area (Å²) in [7, 11) is 0. The lowest BCUT2D eigenvalue weighted by molar-refractivity contribution is -0.128. The molecule has 1 heterocycles. The normalized spacial score (nSPS) is 19.4. The monoisotopic (exact) mass is 532 g/mol. The van der Waals surface area contributed by atoms with Crippen LogP contribution in [0.25, 0.3) is 0 Å². The van der Waals surface area contributed by atoms with E-state index >= 15 is 0 Å². The fourth-order valence-electron chi connectivity index (χ4n) is 3.93. The molecular weight excluding hydrogens is 499 g/mol. The quantitative estimate of drug-likeness (QED) is 0.269. The minimum absolute atomic E-state index is 0.0688. The molecule has 0 saturated carbocycles. The van der Waals surface area contributed by atoms with Crippen LogP contribution in [0, 0.1) is 5.41 Å². The molecule has 0 spiro atoms. The first-order chi connectivity index (χ1) is 17.1. The third-order valence-corrected chi connectivity index (χ3v) is 6.45. The SMILES string of the molecule is C=CC[C@@]1(C(=O)NCCC(C)(C)C)N=C(c2ccc(OCCCO)cc2)O[C@@H]1c1ccc(Cl)cc1Cl. The van der Waals surface area contributed by atoms with Gasteiger partial charge in [0, 0.05) is 47.2 Å². The minimum atomic E-state index is -1.29. The van der Waals surface area contributed by atoms with Crippen molar-refractivity contribution in [2.24, 2.45) is 10.4 Å². The van der Waals surface area contributed by atoms with Crippen LogP contribution in [0.5, 0.6) is 5.75 Å². The highest BCUT2D eigenvalue weighted by Gasteiger charge is 2.53. The average Bonchev–Trinajstić information content (AvgIpc) is 3.19. The van der Waals surface area contributed by atoms with Crippen LogP contribution in [0.4, 0.5) is 0 Å². The molecule has 1 aliphatic rings. The lowest BCUT2D eigenvalue weighted by Crippen LogP contribution is -2.48. The second-order valence-electron chi connectivity index (χ2n) is 10.0. The highest BCUT2D eigenvalue weighted by atomic mass is 35.5. The van der Waals surface area contributed by atoms with E-state index in [0.717, 1.165) is 6.42 Å². The summed E-state index contributed by atoms with van der Waals surface area (Å²) in [5.74, 6) is 0.753. The zero-order chi connectivity index (χ0) is 26.3. The number of ether oxygens (including phenoxy) is 2. The second-order valence-corrected chi connectivity index (χ2v) is 10.9. The fourth-order valence-corrected chi connectivity index (χ4v) is 4.44. The Morgan fingerprint density at radius 2 is 1.97 bits per heavy atom. The van der Waals surface area contributed by atoms with Gasteiger partial charge in [0.25, 0.3) is 5.91 Å². The maximum atomic E-state index is 13.7. The van der Waals surface area contributed by atoms with E-state index in [1.165, 1.54) is 0 Å². The molecule has 2 atom stereocenters. The number of nitrogens with zero attached hydrogens (tertiary/aromatic N) is 1. The molecule has 6 nitrogen and oxygen atoms in total. The summed E-state index contributed by atoms with van der Waals surface area (Å²) in [6.07, 6.45) is 2.52. The largest absolute Gasteiger partial charge is 0.494 e. The van der Waals surface area contributed by atoms with Crippen molar-refractivity contribution in [3.8, 4) is 5.75 Å². The Hall–Kier alpha value is -2.54. The molecule has 1 aliphatic heterocycles. The van der Waals surface area contributed by atoms with Crippen LogP contribution in [0.2, 0.25) is 10.0 Å². The Morgan fingerprint density at radius 1 is 1.25 bits per heavy atom. The zero-order valence-corrected chi connectivity index (χ0v) is 22.5. The number of carbonyl (C=O) groups excluding carboxylic acids is 1. The number of hydrogen-bond acceptors (Lipinski definition) is 5. The van der Waals surface area contributed by atoms with E-state index in [1.54, 1.807) is 36.4 Å². The molecule has 0 fully saturated rings. The van der Waals surface area contributed by atoms with Gasteiger partial charge in [-0.3, -0.25) is 4.79 Å². The number of carbonyl (C=O) groups is 1. The highest BCUT2D eigenvalue weighted by Crippen LogP contribution is 2.45. The number of amides is 1. The van der Waals surface area contributed by atoms with E-state index < -0.39 is 11.6 Å². The summed E-state index contributed by atoms with van der Waals surface area (Å²) in [6.45, 7) is 11.3. The first-order valence-corrected chi connectivity index (χ1v) is 12.8. The second kappa shape index (κ2) is 12.1. The predicted octanol–water partition coefficient (Wildman–Crippen LogP) is 6.14. The maximum absolute atomic E-state index is 13.7. The van der Waals surface area contributed by atoms with E-state index in [1.807, 2.05) is 12.1 Å². The molecule has 2 N–H and O–H groups in total. The Bertz CT molecular complexity index is 1100. The molecule has 0 aliphatic carbocycles. The molecule has 0 aromatic heterocycles. The molecule has 2 aromatic carbocycles. The van der Waals surface area contributed by atoms with Crippen LogP contribution in [0.1, 0.15) is 57.3 Å². The average molecular weight is 533 g/mol. The van der Waals surface area contributed by atoms with Crippen LogP contribution >= 0.6 is 23.2 Å². The molecule has 1 amide bonds. The number of aliphatic imine (C=N–C) groups is 1. The van der Waals surface area contributed by atoms with Gasteiger partial charge in [0.05, 0.1) is 6.61 Å². The maximum Gasteiger partial charge on any atom is 0.252 e. The van der Waals surface area contributed by atoms with E-state index in [2.05, 4.69) is 32.7 Å². The third-order valence-electron chi connectivity index (χ3n) is 5.89. The van der Waals surface area contributed by atoms with Gasteiger partial charge in [0.2, 0.25) is 5.90 Å². The van der Waals surface area contributed by atoms with Crippen molar-refractivity contribution < 1.29 is 19.4 Å². The van der Waals surface area contributed by atoms with E-state index in [4.69, 9.17) is 42.8 Å². The summed E-state index contributed by atoms with van der Waals surface area (Å²) < 4.78 is 12.0. The van der Waals surface area contributed by atoms with Gasteiger partial charge in [-0.15, -0.1) is 6.58 Å². The first-order valence-electron chi connectivity index (χ1n) is 12.0. The van der Waals surface area contributed by atoms with Crippen LogP contribution in [-0.2, 0) is 9.53 Å². The molecule has 0 saturated heterocycles. The fraction of sp³-hybridized carbons (Fsp3) is 0.429.